The molecule has 1 aromatic heterocycles. The number of hydrogen-bond acceptors (Lipinski definition) is 1. The number of aromatic amines is 1. The second-order valence-corrected chi connectivity index (χ2v) is 5.07. The van der Waals surface area contributed by atoms with Gasteiger partial charge < -0.3 is 5.32 Å². The highest BCUT2D eigenvalue weighted by molar-refractivity contribution is 6.09. The molecule has 108 valence electrons. The number of rotatable bonds is 3. The molecule has 0 amide bonds. The molecule has 2 aromatic carbocycles. The molecule has 3 heteroatoms. The molecule has 0 fully saturated rings. The number of benzene rings is 2. The first-order chi connectivity index (χ1) is 10.8. The van der Waals surface area contributed by atoms with Crippen molar-refractivity contribution in [3.05, 3.63) is 90.1 Å². The first-order valence-electron chi connectivity index (χ1n) is 7.26. The van der Waals surface area contributed by atoms with Crippen LogP contribution in [-0.2, 0) is 0 Å². The molecule has 0 radical (unpaired) electrons. The van der Waals surface area contributed by atoms with E-state index in [4.69, 9.17) is 4.99 Å². The van der Waals surface area contributed by atoms with Crippen molar-refractivity contribution in [2.45, 2.75) is 6.92 Å². The SMILES string of the molecule is Cc1ccc(NC(=Nc2cccc[nH+]2)c2ccccc2)cc1. The maximum Gasteiger partial charge on any atom is 0.323 e. The van der Waals surface area contributed by atoms with Gasteiger partial charge in [-0.1, -0.05) is 42.0 Å². The highest BCUT2D eigenvalue weighted by atomic mass is 15.0. The zero-order valence-corrected chi connectivity index (χ0v) is 12.5. The Morgan fingerprint density at radius 2 is 1.59 bits per heavy atom. The van der Waals surface area contributed by atoms with E-state index in [0.717, 1.165) is 22.9 Å². The van der Waals surface area contributed by atoms with Gasteiger partial charge in [-0.15, -0.1) is 0 Å². The van der Waals surface area contributed by atoms with Crippen LogP contribution in [0.5, 0.6) is 0 Å². The number of aliphatic imine (C=N–C) groups is 1. The minimum Gasteiger partial charge on any atom is -0.319 e. The van der Waals surface area contributed by atoms with Gasteiger partial charge in [-0.05, 0) is 42.2 Å². The molecule has 3 aromatic rings. The summed E-state index contributed by atoms with van der Waals surface area (Å²) in [7, 11) is 0. The second-order valence-electron chi connectivity index (χ2n) is 5.07. The summed E-state index contributed by atoms with van der Waals surface area (Å²) in [6, 6.07) is 24.2. The third-order valence-corrected chi connectivity index (χ3v) is 3.29. The van der Waals surface area contributed by atoms with Crippen LogP contribution in [0.4, 0.5) is 11.5 Å². The van der Waals surface area contributed by atoms with Crippen LogP contribution in [0.25, 0.3) is 0 Å². The summed E-state index contributed by atoms with van der Waals surface area (Å²) in [4.78, 5) is 7.83. The molecular formula is C19H18N3+. The molecule has 0 bridgehead atoms. The van der Waals surface area contributed by atoms with Gasteiger partial charge in [-0.2, -0.15) is 0 Å². The largest absolute Gasteiger partial charge is 0.323 e. The van der Waals surface area contributed by atoms with Crippen molar-refractivity contribution < 1.29 is 4.98 Å². The lowest BCUT2D eigenvalue weighted by atomic mass is 10.2. The van der Waals surface area contributed by atoms with E-state index in [2.05, 4.69) is 41.5 Å². The van der Waals surface area contributed by atoms with E-state index >= 15 is 0 Å². The molecule has 0 saturated heterocycles. The number of H-pyrrole nitrogens is 1. The number of hydrogen-bond donors (Lipinski definition) is 1. The van der Waals surface area contributed by atoms with E-state index in [1.54, 1.807) is 0 Å². The van der Waals surface area contributed by atoms with Gasteiger partial charge in [0.25, 0.3) is 5.84 Å². The predicted molar refractivity (Wildman–Crippen MR) is 90.4 cm³/mol. The maximum atomic E-state index is 4.70. The monoisotopic (exact) mass is 288 g/mol. The molecule has 3 nitrogen and oxygen atoms in total. The topological polar surface area (TPSA) is 38.5 Å². The number of pyridine rings is 1. The van der Waals surface area contributed by atoms with E-state index in [0.29, 0.717) is 0 Å². The number of nitrogens with one attached hydrogen (secondary N) is 2. The van der Waals surface area contributed by atoms with E-state index in [9.17, 15) is 0 Å². The van der Waals surface area contributed by atoms with Crippen LogP contribution in [0.2, 0.25) is 0 Å². The maximum absolute atomic E-state index is 4.70. The summed E-state index contributed by atoms with van der Waals surface area (Å²) in [6.07, 6.45) is 1.87. The molecule has 1 heterocycles. The molecule has 0 aliphatic heterocycles. The Hall–Kier alpha value is -2.94. The van der Waals surface area contributed by atoms with Gasteiger partial charge in [-0.3, -0.25) is 0 Å². The van der Waals surface area contributed by atoms with Crippen molar-refractivity contribution >= 4 is 17.3 Å². The zero-order valence-electron chi connectivity index (χ0n) is 12.5. The summed E-state index contributed by atoms with van der Waals surface area (Å²) in [5, 5.41) is 3.40. The van der Waals surface area contributed by atoms with E-state index in [-0.39, 0.29) is 0 Å². The van der Waals surface area contributed by atoms with Crippen molar-refractivity contribution in [3.63, 3.8) is 0 Å². The quantitative estimate of drug-likeness (QED) is 0.574. The Morgan fingerprint density at radius 1 is 0.864 bits per heavy atom. The summed E-state index contributed by atoms with van der Waals surface area (Å²) in [5.74, 6) is 1.62. The third-order valence-electron chi connectivity index (χ3n) is 3.29. The smallest absolute Gasteiger partial charge is 0.319 e. The number of nitrogens with zero attached hydrogens (tertiary/aromatic N) is 1. The first-order valence-corrected chi connectivity index (χ1v) is 7.26. The summed E-state index contributed by atoms with van der Waals surface area (Å²) >= 11 is 0. The van der Waals surface area contributed by atoms with Gasteiger partial charge >= 0.3 is 5.82 Å². The third kappa shape index (κ3) is 3.58. The Kier molecular flexibility index (Phi) is 4.25. The molecular weight excluding hydrogens is 270 g/mol. The van der Waals surface area contributed by atoms with Crippen molar-refractivity contribution in [2.24, 2.45) is 4.99 Å². The van der Waals surface area contributed by atoms with Gasteiger partial charge in [0.05, 0.1) is 6.20 Å². The van der Waals surface area contributed by atoms with Crippen LogP contribution in [0, 0.1) is 6.92 Å². The number of amidine groups is 1. The molecule has 22 heavy (non-hydrogen) atoms. The lowest BCUT2D eigenvalue weighted by Gasteiger charge is -2.06. The molecule has 0 aliphatic rings. The number of anilines is 1. The highest BCUT2D eigenvalue weighted by Crippen LogP contribution is 2.13. The van der Waals surface area contributed by atoms with Crippen molar-refractivity contribution in [1.29, 1.82) is 0 Å². The lowest BCUT2D eigenvalue weighted by Crippen LogP contribution is -2.14. The summed E-state index contributed by atoms with van der Waals surface area (Å²) in [6.45, 7) is 2.08. The molecule has 0 atom stereocenters. The van der Waals surface area contributed by atoms with Gasteiger partial charge in [0.2, 0.25) is 0 Å². The normalized spacial score (nSPS) is 11.2. The van der Waals surface area contributed by atoms with Gasteiger partial charge in [0, 0.05) is 17.3 Å². The van der Waals surface area contributed by atoms with Gasteiger partial charge in [0.15, 0.2) is 0 Å². The lowest BCUT2D eigenvalue weighted by molar-refractivity contribution is -0.362. The molecule has 3 rings (SSSR count). The Balaban J connectivity index is 1.96. The molecule has 2 N–H and O–H groups in total. The van der Waals surface area contributed by atoms with E-state index in [1.807, 2.05) is 54.7 Å². The van der Waals surface area contributed by atoms with Gasteiger partial charge in [0.1, 0.15) is 0 Å². The van der Waals surface area contributed by atoms with Crippen molar-refractivity contribution in [3.8, 4) is 0 Å². The highest BCUT2D eigenvalue weighted by Gasteiger charge is 2.11. The average Bonchev–Trinajstić information content (AvgIpc) is 2.58. The Bertz CT molecular complexity index is 748. The van der Waals surface area contributed by atoms with Gasteiger partial charge in [-0.25, -0.2) is 4.98 Å². The summed E-state index contributed by atoms with van der Waals surface area (Å²) < 4.78 is 0. The van der Waals surface area contributed by atoms with Crippen LogP contribution >= 0.6 is 0 Å². The van der Waals surface area contributed by atoms with E-state index < -0.39 is 0 Å². The van der Waals surface area contributed by atoms with Crippen molar-refractivity contribution in [1.82, 2.24) is 0 Å². The number of aryl methyl sites for hydroxylation is 1. The second kappa shape index (κ2) is 6.68. The fraction of sp³-hybridized carbons (Fsp3) is 0.0526. The van der Waals surface area contributed by atoms with Crippen LogP contribution < -0.4 is 10.3 Å². The summed E-state index contributed by atoms with van der Waals surface area (Å²) in [5.41, 5.74) is 3.30. The number of aromatic nitrogens is 1. The van der Waals surface area contributed by atoms with Crippen molar-refractivity contribution in [2.75, 3.05) is 5.32 Å². The predicted octanol–water partition coefficient (Wildman–Crippen LogP) is 4.00. The van der Waals surface area contributed by atoms with E-state index in [1.165, 1.54) is 5.56 Å². The molecule has 0 aliphatic carbocycles. The molecule has 0 unspecified atom stereocenters. The van der Waals surface area contributed by atoms with Crippen LogP contribution in [-0.4, -0.2) is 5.84 Å². The Morgan fingerprint density at radius 3 is 2.27 bits per heavy atom. The average molecular weight is 288 g/mol. The minimum absolute atomic E-state index is 0.806. The van der Waals surface area contributed by atoms with Crippen LogP contribution in [0.15, 0.2) is 84.0 Å². The van der Waals surface area contributed by atoms with Crippen LogP contribution in [0.1, 0.15) is 11.1 Å². The molecule has 0 saturated carbocycles. The first kappa shape index (κ1) is 14.0. The van der Waals surface area contributed by atoms with Crippen LogP contribution in [0.3, 0.4) is 0 Å². The minimum atomic E-state index is 0.806. The standard InChI is InChI=1S/C19H17N3/c1-15-10-12-17(13-11-15)21-19(16-7-3-2-4-8-16)22-18-9-5-6-14-20-18/h2-14H,1H3,(H,20,21,22)/p+1. The zero-order chi connectivity index (χ0) is 15.2. The fourth-order valence-corrected chi connectivity index (χ4v) is 2.11. The Labute approximate surface area is 130 Å². The molecule has 0 spiro atoms. The fourth-order valence-electron chi connectivity index (χ4n) is 2.11.